The maximum absolute atomic E-state index is 13.2. The number of nitrogens with one attached hydrogen (secondary N) is 1. The zero-order valence-corrected chi connectivity index (χ0v) is 19.3. The van der Waals surface area contributed by atoms with Crippen LogP contribution in [-0.4, -0.2) is 25.4 Å². The summed E-state index contributed by atoms with van der Waals surface area (Å²) in [5.74, 6) is 1.43. The Balaban J connectivity index is 1.61. The van der Waals surface area contributed by atoms with E-state index in [2.05, 4.69) is 28.2 Å². The van der Waals surface area contributed by atoms with Crippen molar-refractivity contribution < 1.29 is 19.1 Å². The van der Waals surface area contributed by atoms with Gasteiger partial charge in [-0.15, -0.1) is 0 Å². The summed E-state index contributed by atoms with van der Waals surface area (Å²) in [6, 6.07) is 13.7. The molecule has 162 valence electrons. The van der Waals surface area contributed by atoms with Gasteiger partial charge in [0.2, 0.25) is 5.91 Å². The number of halogens is 1. The van der Waals surface area contributed by atoms with Gasteiger partial charge in [0.25, 0.3) is 0 Å². The van der Waals surface area contributed by atoms with Gasteiger partial charge in [-0.1, -0.05) is 25.1 Å². The lowest BCUT2D eigenvalue weighted by atomic mass is 9.73. The third kappa shape index (κ3) is 4.54. The van der Waals surface area contributed by atoms with Crippen molar-refractivity contribution in [2.75, 3.05) is 13.7 Å². The van der Waals surface area contributed by atoms with E-state index in [4.69, 9.17) is 9.47 Å². The van der Waals surface area contributed by atoms with Gasteiger partial charge in [-0.3, -0.25) is 9.59 Å². The van der Waals surface area contributed by atoms with Crippen LogP contribution < -0.4 is 14.8 Å². The third-order valence-electron chi connectivity index (χ3n) is 5.94. The second kappa shape index (κ2) is 9.27. The van der Waals surface area contributed by atoms with Crippen LogP contribution in [0.5, 0.6) is 11.5 Å². The van der Waals surface area contributed by atoms with Crippen molar-refractivity contribution >= 4 is 27.6 Å². The van der Waals surface area contributed by atoms with E-state index in [9.17, 15) is 9.59 Å². The molecule has 2 aromatic rings. The lowest BCUT2D eigenvalue weighted by Gasteiger charge is -2.34. The van der Waals surface area contributed by atoms with Gasteiger partial charge >= 0.3 is 0 Å². The van der Waals surface area contributed by atoms with Crippen LogP contribution in [0.25, 0.3) is 0 Å². The van der Waals surface area contributed by atoms with Gasteiger partial charge in [0.1, 0.15) is 11.5 Å². The van der Waals surface area contributed by atoms with Crippen LogP contribution in [0.1, 0.15) is 55.6 Å². The number of carbonyl (C=O) groups is 2. The number of hydrogen-bond donors (Lipinski definition) is 1. The number of methoxy groups -OCH3 is 1. The standard InChI is InChI=1S/C25H26BrNO4/c1-3-10-31-18-7-4-15(5-8-18)17-12-21-25(22(28)13-17)19(14-24(29)27-21)16-6-9-23(30-2)20(26)11-16/h4-9,11,17,19H,3,10,12-14H2,1-2H3,(H,27,29). The van der Waals surface area contributed by atoms with Crippen molar-refractivity contribution in [2.24, 2.45) is 0 Å². The normalized spacial score (nSPS) is 20.9. The molecule has 1 N–H and O–H groups in total. The highest BCUT2D eigenvalue weighted by atomic mass is 79.9. The molecule has 1 aliphatic heterocycles. The summed E-state index contributed by atoms with van der Waals surface area (Å²) in [5, 5.41) is 2.98. The van der Waals surface area contributed by atoms with E-state index < -0.39 is 0 Å². The first-order chi connectivity index (χ1) is 15.0. The summed E-state index contributed by atoms with van der Waals surface area (Å²) < 4.78 is 11.8. The molecular weight excluding hydrogens is 458 g/mol. The molecule has 2 aromatic carbocycles. The van der Waals surface area contributed by atoms with E-state index in [0.717, 1.165) is 44.8 Å². The summed E-state index contributed by atoms with van der Waals surface area (Å²) in [6.45, 7) is 2.76. The maximum atomic E-state index is 13.2. The smallest absolute Gasteiger partial charge is 0.225 e. The highest BCUT2D eigenvalue weighted by Crippen LogP contribution is 2.43. The molecule has 4 rings (SSSR count). The Morgan fingerprint density at radius 1 is 1.03 bits per heavy atom. The summed E-state index contributed by atoms with van der Waals surface area (Å²) in [5.41, 5.74) is 3.54. The summed E-state index contributed by atoms with van der Waals surface area (Å²) in [7, 11) is 1.61. The van der Waals surface area contributed by atoms with E-state index in [0.29, 0.717) is 19.4 Å². The van der Waals surface area contributed by atoms with Crippen molar-refractivity contribution in [3.05, 3.63) is 69.3 Å². The Hall–Kier alpha value is -2.60. The van der Waals surface area contributed by atoms with E-state index in [1.165, 1.54) is 0 Å². The molecule has 1 aliphatic carbocycles. The second-order valence-corrected chi connectivity index (χ2v) is 8.89. The molecule has 2 unspecified atom stereocenters. The number of amides is 1. The van der Waals surface area contributed by atoms with E-state index in [1.807, 2.05) is 42.5 Å². The minimum atomic E-state index is -0.232. The first-order valence-corrected chi connectivity index (χ1v) is 11.4. The Morgan fingerprint density at radius 3 is 2.45 bits per heavy atom. The molecule has 31 heavy (non-hydrogen) atoms. The zero-order valence-electron chi connectivity index (χ0n) is 17.7. The van der Waals surface area contributed by atoms with Gasteiger partial charge < -0.3 is 14.8 Å². The molecule has 1 amide bonds. The third-order valence-corrected chi connectivity index (χ3v) is 6.56. The monoisotopic (exact) mass is 483 g/mol. The van der Waals surface area contributed by atoms with Crippen LogP contribution in [-0.2, 0) is 9.59 Å². The number of ketones is 1. The molecule has 0 saturated carbocycles. The van der Waals surface area contributed by atoms with Gasteiger partial charge in [-0.2, -0.15) is 0 Å². The Bertz CT molecular complexity index is 1030. The van der Waals surface area contributed by atoms with Crippen LogP contribution in [0, 0.1) is 0 Å². The van der Waals surface area contributed by atoms with Crippen LogP contribution in [0.15, 0.2) is 58.2 Å². The maximum Gasteiger partial charge on any atom is 0.225 e. The fourth-order valence-corrected chi connectivity index (χ4v) is 4.99. The van der Waals surface area contributed by atoms with Crippen molar-refractivity contribution in [3.63, 3.8) is 0 Å². The van der Waals surface area contributed by atoms with Gasteiger partial charge in [-0.25, -0.2) is 0 Å². The van der Waals surface area contributed by atoms with Crippen LogP contribution in [0.4, 0.5) is 0 Å². The second-order valence-electron chi connectivity index (χ2n) is 8.04. The molecule has 2 atom stereocenters. The average Bonchev–Trinajstić information content (AvgIpc) is 2.77. The molecule has 0 saturated heterocycles. The van der Waals surface area contributed by atoms with Gasteiger partial charge in [0.05, 0.1) is 18.2 Å². The molecule has 0 aromatic heterocycles. The number of ether oxygens (including phenoxy) is 2. The molecule has 2 aliphatic rings. The van der Waals surface area contributed by atoms with Crippen LogP contribution in [0.2, 0.25) is 0 Å². The lowest BCUT2D eigenvalue weighted by molar-refractivity contribution is -0.122. The average molecular weight is 484 g/mol. The van der Waals surface area contributed by atoms with Crippen molar-refractivity contribution in [2.45, 2.75) is 44.4 Å². The molecule has 0 spiro atoms. The molecule has 6 heteroatoms. The van der Waals surface area contributed by atoms with Gasteiger partial charge in [0, 0.05) is 30.0 Å². The van der Waals surface area contributed by atoms with E-state index in [1.54, 1.807) is 7.11 Å². The highest BCUT2D eigenvalue weighted by Gasteiger charge is 2.38. The number of carbonyl (C=O) groups excluding carboxylic acids is 2. The molecule has 1 heterocycles. The highest BCUT2D eigenvalue weighted by molar-refractivity contribution is 9.10. The minimum absolute atomic E-state index is 0.0487. The van der Waals surface area contributed by atoms with Crippen molar-refractivity contribution in [1.82, 2.24) is 5.32 Å². The fourth-order valence-electron chi connectivity index (χ4n) is 4.44. The Labute approximate surface area is 190 Å². The number of allylic oxidation sites excluding steroid dienone is 2. The molecule has 0 bridgehead atoms. The molecule has 0 fully saturated rings. The topological polar surface area (TPSA) is 64.6 Å². The number of rotatable bonds is 6. The van der Waals surface area contributed by atoms with Crippen LogP contribution in [0.3, 0.4) is 0 Å². The van der Waals surface area contributed by atoms with E-state index in [-0.39, 0.29) is 29.9 Å². The predicted octanol–water partition coefficient (Wildman–Crippen LogP) is 5.25. The van der Waals surface area contributed by atoms with E-state index >= 15 is 0 Å². The van der Waals surface area contributed by atoms with Crippen molar-refractivity contribution in [3.8, 4) is 11.5 Å². The minimum Gasteiger partial charge on any atom is -0.496 e. The summed E-state index contributed by atoms with van der Waals surface area (Å²) in [4.78, 5) is 25.7. The lowest BCUT2D eigenvalue weighted by Crippen LogP contribution is -2.38. The predicted molar refractivity (Wildman–Crippen MR) is 122 cm³/mol. The summed E-state index contributed by atoms with van der Waals surface area (Å²) >= 11 is 3.52. The molecular formula is C25H26BrNO4. The summed E-state index contributed by atoms with van der Waals surface area (Å²) in [6.07, 6.45) is 2.33. The van der Waals surface area contributed by atoms with Crippen LogP contribution >= 0.6 is 15.9 Å². The first-order valence-electron chi connectivity index (χ1n) is 10.6. The number of Topliss-reactive ketones (excluding diaryl/α,β-unsaturated/α-hetero) is 1. The van der Waals surface area contributed by atoms with Gasteiger partial charge in [0.15, 0.2) is 5.78 Å². The first kappa shape index (κ1) is 21.6. The molecule has 5 nitrogen and oxygen atoms in total. The Kier molecular flexibility index (Phi) is 6.46. The SMILES string of the molecule is CCCOc1ccc(C2CC(=O)C3=C(C2)NC(=O)CC3c2ccc(OC)c(Br)c2)cc1. The quantitative estimate of drug-likeness (QED) is 0.609. The van der Waals surface area contributed by atoms with Gasteiger partial charge in [-0.05, 0) is 70.1 Å². The number of hydrogen-bond acceptors (Lipinski definition) is 4. The zero-order chi connectivity index (χ0) is 22.0. The Morgan fingerprint density at radius 2 is 1.77 bits per heavy atom. The van der Waals surface area contributed by atoms with Crippen molar-refractivity contribution in [1.29, 1.82) is 0 Å². The molecule has 0 radical (unpaired) electrons. The largest absolute Gasteiger partial charge is 0.496 e. The number of benzene rings is 2. The fraction of sp³-hybridized carbons (Fsp3) is 0.360.